The minimum atomic E-state index is -1.05. The smallest absolute Gasteiger partial charge is 0.347 e. The predicted molar refractivity (Wildman–Crippen MR) is 165 cm³/mol. The molecule has 0 bridgehead atoms. The van der Waals surface area contributed by atoms with Gasteiger partial charge in [0.05, 0.1) is 18.9 Å². The van der Waals surface area contributed by atoms with Gasteiger partial charge in [-0.3, -0.25) is 9.59 Å². The summed E-state index contributed by atoms with van der Waals surface area (Å²) >= 11 is 11.4. The zero-order valence-corrected chi connectivity index (χ0v) is 26.9. The molecule has 236 valence electrons. The highest BCUT2D eigenvalue weighted by Crippen LogP contribution is 2.21. The minimum absolute atomic E-state index is 0.0670. The number of ether oxygens (including phenoxy) is 2. The van der Waals surface area contributed by atoms with Gasteiger partial charge in [-0.1, -0.05) is 83.8 Å². The third-order valence-electron chi connectivity index (χ3n) is 6.80. The Morgan fingerprint density at radius 3 is 2.44 bits per heavy atom. The van der Waals surface area contributed by atoms with E-state index in [0.29, 0.717) is 0 Å². The number of carbonyl (C=O) groups is 3. The lowest BCUT2D eigenvalue weighted by atomic mass is 10.0. The summed E-state index contributed by atoms with van der Waals surface area (Å²) < 4.78 is 10.4. The van der Waals surface area contributed by atoms with Crippen LogP contribution < -0.4 is 0 Å². The summed E-state index contributed by atoms with van der Waals surface area (Å²) in [6.45, 7) is 5.63. The number of rotatable bonds is 23. The molecule has 0 aromatic heterocycles. The molecule has 0 radical (unpaired) electrons. The molecule has 8 nitrogen and oxygen atoms in total. The average molecular weight is 620 g/mol. The number of carbonyl (C=O) groups excluding carboxylic acids is 3. The van der Waals surface area contributed by atoms with Crippen molar-refractivity contribution in [2.24, 2.45) is 5.10 Å². The Labute approximate surface area is 257 Å². The molecule has 0 aliphatic carbocycles. The van der Waals surface area contributed by atoms with Gasteiger partial charge >= 0.3 is 11.9 Å². The summed E-state index contributed by atoms with van der Waals surface area (Å²) in [5.74, 6) is -1.55. The summed E-state index contributed by atoms with van der Waals surface area (Å²) in [5, 5.41) is 5.51. The lowest BCUT2D eigenvalue weighted by Crippen LogP contribution is -2.38. The zero-order valence-electron chi connectivity index (χ0n) is 25.4. The Bertz CT molecular complexity index is 805. The van der Waals surface area contributed by atoms with Crippen molar-refractivity contribution < 1.29 is 28.7 Å². The second kappa shape index (κ2) is 23.9. The Morgan fingerprint density at radius 1 is 1.00 bits per heavy atom. The van der Waals surface area contributed by atoms with Crippen LogP contribution in [-0.4, -0.2) is 52.4 Å². The number of nitrogens with zero attached hydrogens (tertiary/aromatic N) is 2. The third-order valence-corrected chi connectivity index (χ3v) is 7.24. The number of esters is 2. The molecule has 1 amide bonds. The van der Waals surface area contributed by atoms with E-state index >= 15 is 0 Å². The van der Waals surface area contributed by atoms with Crippen LogP contribution >= 0.6 is 23.2 Å². The summed E-state index contributed by atoms with van der Waals surface area (Å²) in [7, 11) is 0. The lowest BCUT2D eigenvalue weighted by Gasteiger charge is -2.29. The van der Waals surface area contributed by atoms with Crippen LogP contribution in [0.25, 0.3) is 0 Å². The quantitative estimate of drug-likeness (QED) is 0.0494. The number of hydroxylamine groups is 1. The average Bonchev–Trinajstić information content (AvgIpc) is 2.94. The van der Waals surface area contributed by atoms with E-state index < -0.39 is 18.0 Å². The monoisotopic (exact) mass is 618 g/mol. The number of hydrogen-bond acceptors (Lipinski definition) is 7. The molecule has 10 heteroatoms. The van der Waals surface area contributed by atoms with Gasteiger partial charge in [-0.2, -0.15) is 5.10 Å². The van der Waals surface area contributed by atoms with Gasteiger partial charge in [0, 0.05) is 12.1 Å². The van der Waals surface area contributed by atoms with Crippen molar-refractivity contribution in [1.82, 2.24) is 5.17 Å². The highest BCUT2D eigenvalue weighted by atomic mass is 35.5. The van der Waals surface area contributed by atoms with Crippen molar-refractivity contribution in [3.8, 4) is 0 Å². The maximum Gasteiger partial charge on any atom is 0.347 e. The lowest BCUT2D eigenvalue weighted by molar-refractivity contribution is -0.213. The molecule has 0 unspecified atom stereocenters. The van der Waals surface area contributed by atoms with Crippen LogP contribution in [0.1, 0.15) is 136 Å². The SMILES string of the molecule is CCCCCC1=NN(C(=O)CCOC(=O)[C@H](C)OC(=O)C/C=C/CCCCCCCC(Cl)Cl)O[C@H](CCCCC)C1. The van der Waals surface area contributed by atoms with E-state index in [-0.39, 0.29) is 36.3 Å². The first-order valence-corrected chi connectivity index (χ1v) is 16.5. The fourth-order valence-corrected chi connectivity index (χ4v) is 4.70. The van der Waals surface area contributed by atoms with Gasteiger partial charge in [-0.05, 0) is 45.4 Å². The van der Waals surface area contributed by atoms with Gasteiger partial charge in [0.25, 0.3) is 5.91 Å². The molecule has 2 atom stereocenters. The number of hydrogen-bond donors (Lipinski definition) is 0. The molecule has 0 aromatic rings. The van der Waals surface area contributed by atoms with Gasteiger partial charge in [0.1, 0.15) is 11.4 Å². The number of halogens is 2. The van der Waals surface area contributed by atoms with E-state index in [2.05, 4.69) is 18.9 Å². The predicted octanol–water partition coefficient (Wildman–Crippen LogP) is 8.38. The van der Waals surface area contributed by atoms with E-state index in [0.717, 1.165) is 114 Å². The number of alkyl halides is 2. The summed E-state index contributed by atoms with van der Waals surface area (Å²) in [6, 6.07) is 0. The molecule has 1 aliphatic rings. The second-order valence-corrected chi connectivity index (χ2v) is 12.0. The van der Waals surface area contributed by atoms with Crippen LogP contribution in [0.5, 0.6) is 0 Å². The van der Waals surface area contributed by atoms with Crippen LogP contribution in [0.15, 0.2) is 17.3 Å². The molecular weight excluding hydrogens is 567 g/mol. The Kier molecular flexibility index (Phi) is 21.8. The maximum atomic E-state index is 12.8. The third kappa shape index (κ3) is 19.2. The summed E-state index contributed by atoms with van der Waals surface area (Å²) in [4.78, 5) is 42.7. The molecule has 0 fully saturated rings. The Balaban J connectivity index is 2.32. The fraction of sp³-hybridized carbons (Fsp3) is 0.806. The summed E-state index contributed by atoms with van der Waals surface area (Å²) in [6.07, 6.45) is 18.8. The number of unbranched alkanes of at least 4 members (excludes halogenated alkanes) is 9. The largest absolute Gasteiger partial charge is 0.462 e. The van der Waals surface area contributed by atoms with E-state index in [1.165, 1.54) is 6.92 Å². The Morgan fingerprint density at radius 2 is 1.71 bits per heavy atom. The first kappa shape index (κ1) is 37.4. The molecule has 1 heterocycles. The van der Waals surface area contributed by atoms with Crippen molar-refractivity contribution >= 4 is 46.8 Å². The first-order chi connectivity index (χ1) is 19.8. The zero-order chi connectivity index (χ0) is 30.3. The number of allylic oxidation sites excluding steroid dienone is 1. The van der Waals surface area contributed by atoms with Crippen LogP contribution in [0.3, 0.4) is 0 Å². The van der Waals surface area contributed by atoms with Gasteiger partial charge < -0.3 is 9.47 Å². The highest BCUT2D eigenvalue weighted by Gasteiger charge is 2.27. The number of hydrazone groups is 1. The second-order valence-electron chi connectivity index (χ2n) is 10.7. The van der Waals surface area contributed by atoms with Crippen molar-refractivity contribution in [2.75, 3.05) is 6.61 Å². The van der Waals surface area contributed by atoms with E-state index in [4.69, 9.17) is 37.5 Å². The Hall–Kier alpha value is -1.64. The van der Waals surface area contributed by atoms with Crippen molar-refractivity contribution in [1.29, 1.82) is 0 Å². The van der Waals surface area contributed by atoms with Crippen LogP contribution in [0.2, 0.25) is 0 Å². The van der Waals surface area contributed by atoms with Gasteiger partial charge in [-0.25, -0.2) is 9.63 Å². The van der Waals surface area contributed by atoms with E-state index in [1.54, 1.807) is 6.08 Å². The molecule has 1 aliphatic heterocycles. The fourth-order valence-electron chi connectivity index (χ4n) is 4.39. The normalized spacial score (nSPS) is 16.2. The molecule has 0 aromatic carbocycles. The van der Waals surface area contributed by atoms with Crippen LogP contribution in [0, 0.1) is 0 Å². The van der Waals surface area contributed by atoms with E-state index in [9.17, 15) is 14.4 Å². The van der Waals surface area contributed by atoms with Crippen LogP contribution in [-0.2, 0) is 28.7 Å². The molecule has 0 saturated carbocycles. The minimum Gasteiger partial charge on any atom is -0.462 e. The molecule has 0 N–H and O–H groups in total. The first-order valence-electron chi connectivity index (χ1n) is 15.6. The maximum absolute atomic E-state index is 12.8. The van der Waals surface area contributed by atoms with E-state index in [1.807, 2.05) is 6.08 Å². The standard InChI is InChI=1S/C31H52Cl2N2O6/c1-4-6-14-18-26-24-27(19-15-7-5-2)41-35(34-26)29(36)22-23-39-31(38)25(3)40-30(37)21-17-13-11-9-8-10-12-16-20-28(32)33/h13,17,25,27-28H,4-12,14-16,18-24H2,1-3H3/b17-13+/t25-,27+/m0/s1. The van der Waals surface area contributed by atoms with Gasteiger partial charge in [0.15, 0.2) is 6.10 Å². The number of amides is 1. The molecular formula is C31H52Cl2N2O6. The van der Waals surface area contributed by atoms with Crippen LogP contribution in [0.4, 0.5) is 0 Å². The topological polar surface area (TPSA) is 94.5 Å². The van der Waals surface area contributed by atoms with Crippen molar-refractivity contribution in [3.05, 3.63) is 12.2 Å². The molecule has 0 saturated heterocycles. The molecule has 0 spiro atoms. The van der Waals surface area contributed by atoms with Crippen molar-refractivity contribution in [2.45, 2.75) is 153 Å². The highest BCUT2D eigenvalue weighted by molar-refractivity contribution is 6.44. The van der Waals surface area contributed by atoms with Crippen molar-refractivity contribution in [3.63, 3.8) is 0 Å². The molecule has 1 rings (SSSR count). The van der Waals surface area contributed by atoms with Gasteiger partial charge in [0.2, 0.25) is 0 Å². The van der Waals surface area contributed by atoms with Gasteiger partial charge in [-0.15, -0.1) is 28.4 Å². The molecule has 41 heavy (non-hydrogen) atoms. The summed E-state index contributed by atoms with van der Waals surface area (Å²) in [5.41, 5.74) is 0.981.